The predicted molar refractivity (Wildman–Crippen MR) is 81.1 cm³/mol. The summed E-state index contributed by atoms with van der Waals surface area (Å²) in [4.78, 5) is 12.2. The van der Waals surface area contributed by atoms with Crippen LogP contribution in [-0.4, -0.2) is 31.0 Å². The number of Topliss-reactive ketones (excluding diaryl/α,β-unsaturated/α-hetero) is 1. The number of methoxy groups -OCH3 is 2. The maximum absolute atomic E-state index is 12.2. The Morgan fingerprint density at radius 3 is 2.42 bits per heavy atom. The molecule has 1 aromatic carbocycles. The Balaban J connectivity index is 2.86. The van der Waals surface area contributed by atoms with Gasteiger partial charge in [0.2, 0.25) is 0 Å². The molecule has 0 heterocycles. The molecule has 19 heavy (non-hydrogen) atoms. The molecule has 1 aromatic rings. The first kappa shape index (κ1) is 16.2. The molecular weight excluding hydrogens is 284 g/mol. The molecule has 0 fully saturated rings. The normalized spacial score (nSPS) is 10.6. The van der Waals surface area contributed by atoms with Crippen LogP contribution in [0.2, 0.25) is 5.02 Å². The van der Waals surface area contributed by atoms with Crippen molar-refractivity contribution in [3.8, 4) is 11.5 Å². The number of hydrogen-bond donors (Lipinski definition) is 0. The van der Waals surface area contributed by atoms with Crippen molar-refractivity contribution < 1.29 is 14.3 Å². The average molecular weight is 303 g/mol. The van der Waals surface area contributed by atoms with Gasteiger partial charge < -0.3 is 9.47 Å². The van der Waals surface area contributed by atoms with Crippen LogP contribution in [0.15, 0.2) is 12.1 Å². The topological polar surface area (TPSA) is 35.5 Å². The van der Waals surface area contributed by atoms with Crippen molar-refractivity contribution in [1.82, 2.24) is 0 Å². The fourth-order valence-corrected chi connectivity index (χ4v) is 2.62. The van der Waals surface area contributed by atoms with E-state index in [0.29, 0.717) is 33.8 Å². The minimum absolute atomic E-state index is 0.0366. The van der Waals surface area contributed by atoms with E-state index in [9.17, 15) is 4.79 Å². The van der Waals surface area contributed by atoms with E-state index in [1.807, 2.05) is 0 Å². The highest BCUT2D eigenvalue weighted by Gasteiger charge is 2.16. The summed E-state index contributed by atoms with van der Waals surface area (Å²) in [5, 5.41) is 0.942. The standard InChI is InChI=1S/C14H19ClO3S/c1-9(2)19-6-5-12(16)10-7-11(15)14(18-4)8-13(10)17-3/h7-9H,5-6H2,1-4H3. The van der Waals surface area contributed by atoms with Gasteiger partial charge in [0.15, 0.2) is 5.78 Å². The van der Waals surface area contributed by atoms with Crippen LogP contribution in [0.25, 0.3) is 0 Å². The van der Waals surface area contributed by atoms with E-state index in [-0.39, 0.29) is 5.78 Å². The molecule has 106 valence electrons. The van der Waals surface area contributed by atoms with Crippen molar-refractivity contribution in [3.05, 3.63) is 22.7 Å². The molecule has 0 bridgehead atoms. The minimum Gasteiger partial charge on any atom is -0.496 e. The molecule has 0 saturated carbocycles. The quantitative estimate of drug-likeness (QED) is 0.711. The van der Waals surface area contributed by atoms with Crippen LogP contribution >= 0.6 is 23.4 Å². The van der Waals surface area contributed by atoms with E-state index >= 15 is 0 Å². The van der Waals surface area contributed by atoms with Gasteiger partial charge in [-0.05, 0) is 11.3 Å². The molecule has 0 radical (unpaired) electrons. The number of ketones is 1. The molecule has 0 atom stereocenters. The number of carbonyl (C=O) groups excluding carboxylic acids is 1. The first-order chi connectivity index (χ1) is 8.99. The molecule has 0 aliphatic carbocycles. The van der Waals surface area contributed by atoms with E-state index in [1.165, 1.54) is 14.2 Å². The van der Waals surface area contributed by atoms with Gasteiger partial charge in [-0.25, -0.2) is 0 Å². The Labute approximate surface area is 123 Å². The van der Waals surface area contributed by atoms with Gasteiger partial charge in [0.1, 0.15) is 11.5 Å². The van der Waals surface area contributed by atoms with Crippen LogP contribution < -0.4 is 9.47 Å². The molecule has 0 aromatic heterocycles. The zero-order chi connectivity index (χ0) is 14.4. The molecule has 0 saturated heterocycles. The second-order valence-electron chi connectivity index (χ2n) is 4.28. The van der Waals surface area contributed by atoms with Crippen LogP contribution in [0.5, 0.6) is 11.5 Å². The minimum atomic E-state index is 0.0366. The highest BCUT2D eigenvalue weighted by molar-refractivity contribution is 7.99. The summed E-state index contributed by atoms with van der Waals surface area (Å²) >= 11 is 7.81. The van der Waals surface area contributed by atoms with E-state index in [1.54, 1.807) is 23.9 Å². The van der Waals surface area contributed by atoms with Crippen molar-refractivity contribution in [3.63, 3.8) is 0 Å². The number of halogens is 1. The van der Waals surface area contributed by atoms with Crippen LogP contribution in [0.3, 0.4) is 0 Å². The van der Waals surface area contributed by atoms with Gasteiger partial charge in [-0.2, -0.15) is 11.8 Å². The van der Waals surface area contributed by atoms with Gasteiger partial charge in [0.25, 0.3) is 0 Å². The SMILES string of the molecule is COc1cc(OC)c(C(=O)CCSC(C)C)cc1Cl. The van der Waals surface area contributed by atoms with Gasteiger partial charge >= 0.3 is 0 Å². The molecule has 0 amide bonds. The lowest BCUT2D eigenvalue weighted by Crippen LogP contribution is -2.05. The number of ether oxygens (including phenoxy) is 2. The van der Waals surface area contributed by atoms with Gasteiger partial charge in [-0.1, -0.05) is 25.4 Å². The van der Waals surface area contributed by atoms with Gasteiger partial charge in [0, 0.05) is 18.2 Å². The van der Waals surface area contributed by atoms with Crippen molar-refractivity contribution in [2.24, 2.45) is 0 Å². The Morgan fingerprint density at radius 1 is 1.26 bits per heavy atom. The number of benzene rings is 1. The molecule has 0 spiro atoms. The van der Waals surface area contributed by atoms with Gasteiger partial charge in [-0.3, -0.25) is 4.79 Å². The third-order valence-electron chi connectivity index (χ3n) is 2.55. The first-order valence-electron chi connectivity index (χ1n) is 6.06. The van der Waals surface area contributed by atoms with Crippen molar-refractivity contribution in [2.45, 2.75) is 25.5 Å². The molecule has 0 aliphatic heterocycles. The molecule has 0 N–H and O–H groups in total. The lowest BCUT2D eigenvalue weighted by atomic mass is 10.1. The lowest BCUT2D eigenvalue weighted by Gasteiger charge is -2.11. The third-order valence-corrected chi connectivity index (χ3v) is 3.96. The maximum Gasteiger partial charge on any atom is 0.167 e. The number of thioether (sulfide) groups is 1. The average Bonchev–Trinajstić information content (AvgIpc) is 2.37. The lowest BCUT2D eigenvalue weighted by molar-refractivity contribution is 0.0986. The number of rotatable bonds is 7. The Morgan fingerprint density at radius 2 is 1.89 bits per heavy atom. The molecule has 1 rings (SSSR count). The van der Waals surface area contributed by atoms with Crippen molar-refractivity contribution in [2.75, 3.05) is 20.0 Å². The molecule has 0 aliphatic rings. The number of carbonyl (C=O) groups is 1. The number of hydrogen-bond acceptors (Lipinski definition) is 4. The summed E-state index contributed by atoms with van der Waals surface area (Å²) in [6.07, 6.45) is 0.474. The third kappa shape index (κ3) is 4.62. The summed E-state index contributed by atoms with van der Waals surface area (Å²) in [5.74, 6) is 1.84. The van der Waals surface area contributed by atoms with Gasteiger partial charge in [-0.15, -0.1) is 0 Å². The van der Waals surface area contributed by atoms with Crippen LogP contribution in [-0.2, 0) is 0 Å². The van der Waals surface area contributed by atoms with E-state index < -0.39 is 0 Å². The Hall–Kier alpha value is -0.870. The summed E-state index contributed by atoms with van der Waals surface area (Å²) in [6.45, 7) is 4.22. The summed E-state index contributed by atoms with van der Waals surface area (Å²) in [5.41, 5.74) is 0.512. The maximum atomic E-state index is 12.2. The monoisotopic (exact) mass is 302 g/mol. The van der Waals surface area contributed by atoms with E-state index in [4.69, 9.17) is 21.1 Å². The van der Waals surface area contributed by atoms with Crippen molar-refractivity contribution in [1.29, 1.82) is 0 Å². The smallest absolute Gasteiger partial charge is 0.167 e. The zero-order valence-corrected chi connectivity index (χ0v) is 13.2. The molecule has 5 heteroatoms. The highest BCUT2D eigenvalue weighted by Crippen LogP contribution is 2.33. The predicted octanol–water partition coefficient (Wildman–Crippen LogP) is 4.07. The van der Waals surface area contributed by atoms with Crippen molar-refractivity contribution >= 4 is 29.1 Å². The van der Waals surface area contributed by atoms with Crippen LogP contribution in [0.4, 0.5) is 0 Å². The van der Waals surface area contributed by atoms with Crippen LogP contribution in [0, 0.1) is 0 Å². The zero-order valence-electron chi connectivity index (χ0n) is 11.7. The Kier molecular flexibility index (Phi) is 6.52. The summed E-state index contributed by atoms with van der Waals surface area (Å²) in [7, 11) is 3.06. The second-order valence-corrected chi connectivity index (χ2v) is 6.37. The van der Waals surface area contributed by atoms with Crippen LogP contribution in [0.1, 0.15) is 30.6 Å². The first-order valence-corrected chi connectivity index (χ1v) is 7.48. The highest BCUT2D eigenvalue weighted by atomic mass is 35.5. The van der Waals surface area contributed by atoms with Gasteiger partial charge in [0.05, 0.1) is 24.8 Å². The summed E-state index contributed by atoms with van der Waals surface area (Å²) in [6, 6.07) is 3.26. The van der Waals surface area contributed by atoms with E-state index in [2.05, 4.69) is 13.8 Å². The molecule has 0 unspecified atom stereocenters. The summed E-state index contributed by atoms with van der Waals surface area (Å²) < 4.78 is 10.3. The fourth-order valence-electron chi connectivity index (χ4n) is 1.60. The Bertz CT molecular complexity index is 447. The van der Waals surface area contributed by atoms with E-state index in [0.717, 1.165) is 5.75 Å². The fraction of sp³-hybridized carbons (Fsp3) is 0.500. The molecule has 3 nitrogen and oxygen atoms in total. The molecular formula is C14H19ClO3S. The largest absolute Gasteiger partial charge is 0.496 e. The second kappa shape index (κ2) is 7.65.